The van der Waals surface area contributed by atoms with Gasteiger partial charge in [-0.3, -0.25) is 0 Å². The van der Waals surface area contributed by atoms with Crippen molar-refractivity contribution in [2.45, 2.75) is 13.8 Å². The summed E-state index contributed by atoms with van der Waals surface area (Å²) in [5.74, 6) is 1.63. The lowest BCUT2D eigenvalue weighted by Gasteiger charge is -2.13. The first-order valence-electron chi connectivity index (χ1n) is 5.23. The van der Waals surface area contributed by atoms with Gasteiger partial charge in [-0.1, -0.05) is 19.1 Å². The van der Waals surface area contributed by atoms with Crippen molar-refractivity contribution in [1.29, 1.82) is 0 Å². The maximum absolute atomic E-state index is 8.87. The van der Waals surface area contributed by atoms with E-state index in [1.54, 1.807) is 0 Å². The number of ether oxygens (including phenoxy) is 2. The molecule has 0 aromatic heterocycles. The topological polar surface area (TPSA) is 38.7 Å². The van der Waals surface area contributed by atoms with Gasteiger partial charge in [0, 0.05) is 12.5 Å². The van der Waals surface area contributed by atoms with Crippen LogP contribution in [0, 0.1) is 5.92 Å². The molecular formula is C12H18O3. The van der Waals surface area contributed by atoms with Gasteiger partial charge in [0.25, 0.3) is 0 Å². The SMILES string of the molecule is CCOc1ccccc1OCC(C)CO. The van der Waals surface area contributed by atoms with Crippen LogP contribution in [-0.2, 0) is 0 Å². The van der Waals surface area contributed by atoms with Crippen molar-refractivity contribution < 1.29 is 14.6 Å². The molecular weight excluding hydrogens is 192 g/mol. The van der Waals surface area contributed by atoms with Crippen LogP contribution in [0.4, 0.5) is 0 Å². The minimum atomic E-state index is 0.136. The second-order valence-electron chi connectivity index (χ2n) is 3.48. The molecule has 0 saturated carbocycles. The van der Waals surface area contributed by atoms with Gasteiger partial charge in [-0.25, -0.2) is 0 Å². The quantitative estimate of drug-likeness (QED) is 0.781. The Morgan fingerprint density at radius 2 is 1.80 bits per heavy atom. The predicted octanol–water partition coefficient (Wildman–Crippen LogP) is 2.09. The molecule has 0 aliphatic carbocycles. The standard InChI is InChI=1S/C12H18O3/c1-3-14-11-6-4-5-7-12(11)15-9-10(2)8-13/h4-7,10,13H,3,8-9H2,1-2H3. The largest absolute Gasteiger partial charge is 0.490 e. The summed E-state index contributed by atoms with van der Waals surface area (Å²) in [4.78, 5) is 0. The molecule has 1 aromatic rings. The van der Waals surface area contributed by atoms with Gasteiger partial charge in [0.2, 0.25) is 0 Å². The molecule has 0 heterocycles. The maximum Gasteiger partial charge on any atom is 0.161 e. The van der Waals surface area contributed by atoms with Crippen molar-refractivity contribution in [3.8, 4) is 11.5 Å². The van der Waals surface area contributed by atoms with Gasteiger partial charge in [-0.05, 0) is 19.1 Å². The van der Waals surface area contributed by atoms with E-state index in [1.165, 1.54) is 0 Å². The van der Waals surface area contributed by atoms with E-state index in [-0.39, 0.29) is 12.5 Å². The van der Waals surface area contributed by atoms with Crippen LogP contribution in [0.5, 0.6) is 11.5 Å². The number of hydrogen-bond donors (Lipinski definition) is 1. The van der Waals surface area contributed by atoms with E-state index in [1.807, 2.05) is 38.1 Å². The van der Waals surface area contributed by atoms with Crippen LogP contribution in [0.25, 0.3) is 0 Å². The van der Waals surface area contributed by atoms with E-state index in [4.69, 9.17) is 14.6 Å². The molecule has 15 heavy (non-hydrogen) atoms. The molecule has 84 valence electrons. The first kappa shape index (κ1) is 11.9. The van der Waals surface area contributed by atoms with E-state index in [0.717, 1.165) is 11.5 Å². The van der Waals surface area contributed by atoms with Crippen LogP contribution in [-0.4, -0.2) is 24.9 Å². The van der Waals surface area contributed by atoms with Crippen molar-refractivity contribution in [2.24, 2.45) is 5.92 Å². The summed E-state index contributed by atoms with van der Waals surface area (Å²) in [6.07, 6.45) is 0. The van der Waals surface area contributed by atoms with Crippen LogP contribution >= 0.6 is 0 Å². The third kappa shape index (κ3) is 3.80. The molecule has 3 nitrogen and oxygen atoms in total. The molecule has 1 aromatic carbocycles. The fourth-order valence-corrected chi connectivity index (χ4v) is 1.13. The summed E-state index contributed by atoms with van der Waals surface area (Å²) in [6, 6.07) is 7.56. The predicted molar refractivity (Wildman–Crippen MR) is 59.4 cm³/mol. The highest BCUT2D eigenvalue weighted by molar-refractivity contribution is 5.39. The molecule has 0 saturated heterocycles. The third-order valence-corrected chi connectivity index (χ3v) is 1.98. The van der Waals surface area contributed by atoms with E-state index >= 15 is 0 Å². The van der Waals surface area contributed by atoms with E-state index in [0.29, 0.717) is 13.2 Å². The van der Waals surface area contributed by atoms with Crippen LogP contribution in [0.3, 0.4) is 0 Å². The molecule has 0 radical (unpaired) electrons. The molecule has 1 rings (SSSR count). The first-order valence-corrected chi connectivity index (χ1v) is 5.23. The van der Waals surface area contributed by atoms with Gasteiger partial charge >= 0.3 is 0 Å². The highest BCUT2D eigenvalue weighted by Crippen LogP contribution is 2.26. The van der Waals surface area contributed by atoms with E-state index in [2.05, 4.69) is 0 Å². The van der Waals surface area contributed by atoms with Gasteiger partial charge in [0.15, 0.2) is 11.5 Å². The van der Waals surface area contributed by atoms with Gasteiger partial charge in [0.1, 0.15) is 0 Å². The number of aliphatic hydroxyl groups is 1. The van der Waals surface area contributed by atoms with Crippen molar-refractivity contribution in [1.82, 2.24) is 0 Å². The average Bonchev–Trinajstić information content (AvgIpc) is 2.28. The first-order chi connectivity index (χ1) is 7.27. The maximum atomic E-state index is 8.87. The highest BCUT2D eigenvalue weighted by atomic mass is 16.5. The fourth-order valence-electron chi connectivity index (χ4n) is 1.13. The molecule has 1 N–H and O–H groups in total. The van der Waals surface area contributed by atoms with Crippen LogP contribution < -0.4 is 9.47 Å². The Balaban J connectivity index is 2.58. The molecule has 3 heteroatoms. The number of aliphatic hydroxyl groups excluding tert-OH is 1. The number of hydrogen-bond acceptors (Lipinski definition) is 3. The van der Waals surface area contributed by atoms with Crippen LogP contribution in [0.15, 0.2) is 24.3 Å². The monoisotopic (exact) mass is 210 g/mol. The molecule has 0 aliphatic rings. The van der Waals surface area contributed by atoms with Crippen molar-refractivity contribution in [2.75, 3.05) is 19.8 Å². The van der Waals surface area contributed by atoms with Crippen LogP contribution in [0.2, 0.25) is 0 Å². The molecule has 0 aliphatic heterocycles. The number of para-hydroxylation sites is 2. The lowest BCUT2D eigenvalue weighted by molar-refractivity contribution is 0.170. The molecule has 0 bridgehead atoms. The zero-order valence-electron chi connectivity index (χ0n) is 9.27. The molecule has 0 amide bonds. The van der Waals surface area contributed by atoms with Crippen molar-refractivity contribution >= 4 is 0 Å². The Morgan fingerprint density at radius 3 is 2.33 bits per heavy atom. The average molecular weight is 210 g/mol. The normalized spacial score (nSPS) is 12.2. The summed E-state index contributed by atoms with van der Waals surface area (Å²) in [7, 11) is 0. The molecule has 0 spiro atoms. The van der Waals surface area contributed by atoms with Crippen molar-refractivity contribution in [3.05, 3.63) is 24.3 Å². The van der Waals surface area contributed by atoms with Gasteiger partial charge in [-0.15, -0.1) is 0 Å². The summed E-state index contributed by atoms with van der Waals surface area (Å²) in [6.45, 7) is 5.13. The second-order valence-corrected chi connectivity index (χ2v) is 3.48. The molecule has 1 atom stereocenters. The third-order valence-electron chi connectivity index (χ3n) is 1.98. The summed E-state index contributed by atoms with van der Waals surface area (Å²) in [5.41, 5.74) is 0. The highest BCUT2D eigenvalue weighted by Gasteiger charge is 2.05. The van der Waals surface area contributed by atoms with E-state index < -0.39 is 0 Å². The van der Waals surface area contributed by atoms with Gasteiger partial charge in [0.05, 0.1) is 13.2 Å². The molecule has 0 fully saturated rings. The number of rotatable bonds is 6. The minimum absolute atomic E-state index is 0.136. The zero-order valence-corrected chi connectivity index (χ0v) is 9.27. The van der Waals surface area contributed by atoms with Gasteiger partial charge in [-0.2, -0.15) is 0 Å². The minimum Gasteiger partial charge on any atom is -0.490 e. The Kier molecular flexibility index (Phi) is 4.98. The smallest absolute Gasteiger partial charge is 0.161 e. The lowest BCUT2D eigenvalue weighted by Crippen LogP contribution is -2.12. The van der Waals surface area contributed by atoms with E-state index in [9.17, 15) is 0 Å². The summed E-state index contributed by atoms with van der Waals surface area (Å²) >= 11 is 0. The number of benzene rings is 1. The Morgan fingerprint density at radius 1 is 1.20 bits per heavy atom. The lowest BCUT2D eigenvalue weighted by atomic mass is 10.2. The molecule has 1 unspecified atom stereocenters. The Labute approximate surface area is 90.6 Å². The Hall–Kier alpha value is -1.22. The van der Waals surface area contributed by atoms with Crippen LogP contribution in [0.1, 0.15) is 13.8 Å². The van der Waals surface area contributed by atoms with Gasteiger partial charge < -0.3 is 14.6 Å². The zero-order chi connectivity index (χ0) is 11.1. The second kappa shape index (κ2) is 6.30. The Bertz CT molecular complexity index is 286. The summed E-state index contributed by atoms with van der Waals surface area (Å²) < 4.78 is 11.0. The van der Waals surface area contributed by atoms with Crippen molar-refractivity contribution in [3.63, 3.8) is 0 Å². The summed E-state index contributed by atoms with van der Waals surface area (Å²) in [5, 5.41) is 8.87. The fraction of sp³-hybridized carbons (Fsp3) is 0.500.